The number of nitrogens with two attached hydrogens (primary N) is 2. The molecule has 3 aromatic rings. The molecule has 3 aromatic carbocycles. The number of halogens is 3. The number of anilines is 1. The van der Waals surface area contributed by atoms with Gasteiger partial charge in [-0.15, -0.1) is 12.4 Å². The third-order valence-corrected chi connectivity index (χ3v) is 7.80. The SMILES string of the molecule is COc1ccc(CN2CCN(Cc3ccc(C(=O)N=C(N)N)cc3NC(=O)c3ccc(Cl)c(Cl)c3)CC2)c(OC)c1OC.Cl. The molecule has 0 atom stereocenters. The Morgan fingerprint density at radius 3 is 1.95 bits per heavy atom. The third kappa shape index (κ3) is 8.46. The summed E-state index contributed by atoms with van der Waals surface area (Å²) in [4.78, 5) is 33.9. The zero-order valence-corrected chi connectivity index (χ0v) is 26.9. The van der Waals surface area contributed by atoms with E-state index in [1.165, 1.54) is 6.07 Å². The zero-order valence-electron chi connectivity index (χ0n) is 24.6. The van der Waals surface area contributed by atoms with Gasteiger partial charge in [0.05, 0.1) is 31.4 Å². The molecule has 0 bridgehead atoms. The molecule has 14 heteroatoms. The summed E-state index contributed by atoms with van der Waals surface area (Å²) in [6.07, 6.45) is 0. The summed E-state index contributed by atoms with van der Waals surface area (Å²) in [5, 5.41) is 3.51. The second-order valence-corrected chi connectivity index (χ2v) is 10.7. The number of guanidine groups is 1. The minimum atomic E-state index is -0.615. The first-order chi connectivity index (χ1) is 20.6. The highest BCUT2D eigenvalue weighted by Crippen LogP contribution is 2.40. The molecule has 1 fully saturated rings. The molecular formula is C30H35Cl3N6O5. The number of ether oxygens (including phenoxy) is 3. The summed E-state index contributed by atoms with van der Waals surface area (Å²) in [6, 6.07) is 13.5. The number of piperazine rings is 1. The zero-order chi connectivity index (χ0) is 31.1. The van der Waals surface area contributed by atoms with E-state index < -0.39 is 11.8 Å². The van der Waals surface area contributed by atoms with E-state index in [0.29, 0.717) is 46.6 Å². The summed E-state index contributed by atoms with van der Waals surface area (Å²) in [7, 11) is 4.80. The molecule has 4 rings (SSSR count). The lowest BCUT2D eigenvalue weighted by atomic mass is 10.1. The van der Waals surface area contributed by atoms with Gasteiger partial charge >= 0.3 is 0 Å². The highest BCUT2D eigenvalue weighted by atomic mass is 35.5. The van der Waals surface area contributed by atoms with Crippen LogP contribution in [0.15, 0.2) is 53.5 Å². The Bertz CT molecular complexity index is 1530. The van der Waals surface area contributed by atoms with Crippen molar-refractivity contribution in [2.45, 2.75) is 13.1 Å². The van der Waals surface area contributed by atoms with Crippen LogP contribution < -0.4 is 31.0 Å². The van der Waals surface area contributed by atoms with Crippen molar-refractivity contribution in [3.8, 4) is 17.2 Å². The Morgan fingerprint density at radius 1 is 0.795 bits per heavy atom. The van der Waals surface area contributed by atoms with Crippen molar-refractivity contribution in [3.05, 3.63) is 80.8 Å². The molecule has 2 amide bonds. The molecule has 1 heterocycles. The lowest BCUT2D eigenvalue weighted by Crippen LogP contribution is -2.45. The van der Waals surface area contributed by atoms with Gasteiger partial charge in [-0.3, -0.25) is 19.4 Å². The Hall–Kier alpha value is -3.74. The standard InChI is InChI=1S/C30H34Cl2N6O5.ClH/c1-41-25-9-7-21(26(42-2)27(25)43-3)17-38-12-10-37(11-13-38)16-20-5-4-19(29(40)36-30(33)34)15-24(20)35-28(39)18-6-8-22(31)23(32)14-18;/h4-9,14-15H,10-13,16-17H2,1-3H3,(H,35,39)(H4,33,34,36,40);1H. The highest BCUT2D eigenvalue weighted by molar-refractivity contribution is 6.42. The number of amides is 2. The molecule has 5 N–H and O–H groups in total. The van der Waals surface area contributed by atoms with Crippen molar-refractivity contribution >= 4 is 59.1 Å². The van der Waals surface area contributed by atoms with Crippen LogP contribution in [0.4, 0.5) is 5.69 Å². The maximum atomic E-state index is 13.1. The van der Waals surface area contributed by atoms with Crippen molar-refractivity contribution in [3.63, 3.8) is 0 Å². The van der Waals surface area contributed by atoms with Crippen LogP contribution in [0.1, 0.15) is 31.8 Å². The smallest absolute Gasteiger partial charge is 0.280 e. The fraction of sp³-hybridized carbons (Fsp3) is 0.300. The number of methoxy groups -OCH3 is 3. The largest absolute Gasteiger partial charge is 0.493 e. The van der Waals surface area contributed by atoms with Gasteiger partial charge in [0.2, 0.25) is 5.75 Å². The molecular weight excluding hydrogens is 631 g/mol. The van der Waals surface area contributed by atoms with E-state index in [1.54, 1.807) is 51.7 Å². The van der Waals surface area contributed by atoms with Crippen molar-refractivity contribution in [2.24, 2.45) is 16.5 Å². The van der Waals surface area contributed by atoms with Crippen molar-refractivity contribution in [2.75, 3.05) is 52.8 Å². The van der Waals surface area contributed by atoms with Crippen LogP contribution in [-0.2, 0) is 13.1 Å². The number of nitrogens with zero attached hydrogens (tertiary/aromatic N) is 3. The van der Waals surface area contributed by atoms with Gasteiger partial charge < -0.3 is 31.0 Å². The maximum Gasteiger partial charge on any atom is 0.280 e. The van der Waals surface area contributed by atoms with Gasteiger partial charge in [0.25, 0.3) is 11.8 Å². The van der Waals surface area contributed by atoms with Gasteiger partial charge in [0.15, 0.2) is 17.5 Å². The van der Waals surface area contributed by atoms with Crippen LogP contribution in [-0.4, -0.2) is 75.1 Å². The van der Waals surface area contributed by atoms with Gasteiger partial charge in [-0.1, -0.05) is 35.3 Å². The number of aliphatic imine (C=N–C) groups is 1. The summed E-state index contributed by atoms with van der Waals surface area (Å²) in [6.45, 7) is 4.41. The van der Waals surface area contributed by atoms with Gasteiger partial charge in [-0.05, 0) is 42.0 Å². The average Bonchev–Trinajstić information content (AvgIpc) is 2.99. The monoisotopic (exact) mass is 664 g/mol. The number of carbonyl (C=O) groups excluding carboxylic acids is 2. The second kappa shape index (κ2) is 15.8. The van der Waals surface area contributed by atoms with Crippen LogP contribution in [0.2, 0.25) is 10.0 Å². The fourth-order valence-corrected chi connectivity index (χ4v) is 5.15. The van der Waals surface area contributed by atoms with Crippen LogP contribution in [0.25, 0.3) is 0 Å². The first-order valence-corrected chi connectivity index (χ1v) is 14.1. The van der Waals surface area contributed by atoms with Gasteiger partial charge in [-0.2, -0.15) is 4.99 Å². The van der Waals surface area contributed by atoms with Crippen molar-refractivity contribution < 1.29 is 23.8 Å². The maximum absolute atomic E-state index is 13.1. The summed E-state index contributed by atoms with van der Waals surface area (Å²) in [5.41, 5.74) is 13.6. The van der Waals surface area contributed by atoms with E-state index in [2.05, 4.69) is 20.1 Å². The molecule has 0 spiro atoms. The molecule has 1 aliphatic rings. The van der Waals surface area contributed by atoms with Crippen LogP contribution in [0.5, 0.6) is 17.2 Å². The first kappa shape index (κ1) is 34.7. The average molecular weight is 666 g/mol. The number of rotatable bonds is 10. The Labute approximate surface area is 272 Å². The molecule has 0 unspecified atom stereocenters. The molecule has 0 radical (unpaired) electrons. The van der Waals surface area contributed by atoms with Gasteiger partial charge in [0.1, 0.15) is 0 Å². The molecule has 1 aliphatic heterocycles. The fourth-order valence-electron chi connectivity index (χ4n) is 4.85. The number of nitrogens with one attached hydrogen (secondary N) is 1. The summed E-state index contributed by atoms with van der Waals surface area (Å²) in [5.74, 6) is 0.469. The van der Waals surface area contributed by atoms with E-state index in [4.69, 9.17) is 48.9 Å². The van der Waals surface area contributed by atoms with Gasteiger partial charge in [-0.25, -0.2) is 0 Å². The molecule has 1 saturated heterocycles. The van der Waals surface area contributed by atoms with E-state index in [9.17, 15) is 9.59 Å². The number of hydrogen-bond donors (Lipinski definition) is 3. The number of carbonyl (C=O) groups is 2. The van der Waals surface area contributed by atoms with Crippen molar-refractivity contribution in [1.29, 1.82) is 0 Å². The van der Waals surface area contributed by atoms with Crippen LogP contribution in [0.3, 0.4) is 0 Å². The topological polar surface area (TPSA) is 145 Å². The Morgan fingerprint density at radius 2 is 1.39 bits per heavy atom. The molecule has 44 heavy (non-hydrogen) atoms. The summed E-state index contributed by atoms with van der Waals surface area (Å²) < 4.78 is 16.6. The molecule has 236 valence electrons. The predicted molar refractivity (Wildman–Crippen MR) is 175 cm³/mol. The lowest BCUT2D eigenvalue weighted by molar-refractivity contribution is 0.0998. The molecule has 11 nitrogen and oxygen atoms in total. The first-order valence-electron chi connectivity index (χ1n) is 13.4. The number of benzene rings is 3. The van der Waals surface area contributed by atoms with E-state index >= 15 is 0 Å². The molecule has 0 saturated carbocycles. The third-order valence-electron chi connectivity index (χ3n) is 7.06. The van der Waals surface area contributed by atoms with E-state index in [1.807, 2.05) is 12.1 Å². The Kier molecular flexibility index (Phi) is 12.5. The quantitative estimate of drug-likeness (QED) is 0.212. The second-order valence-electron chi connectivity index (χ2n) is 9.84. The molecule has 0 aromatic heterocycles. The van der Waals surface area contributed by atoms with E-state index in [-0.39, 0.29) is 29.0 Å². The highest BCUT2D eigenvalue weighted by Gasteiger charge is 2.23. The minimum absolute atomic E-state index is 0. The number of hydrogen-bond acceptors (Lipinski definition) is 7. The normalized spacial score (nSPS) is 13.4. The summed E-state index contributed by atoms with van der Waals surface area (Å²) >= 11 is 12.1. The molecule has 0 aliphatic carbocycles. The van der Waals surface area contributed by atoms with E-state index in [0.717, 1.165) is 37.3 Å². The van der Waals surface area contributed by atoms with Gasteiger partial charge in [0, 0.05) is 61.6 Å². The van der Waals surface area contributed by atoms with Crippen LogP contribution >= 0.6 is 35.6 Å². The van der Waals surface area contributed by atoms with Crippen molar-refractivity contribution in [1.82, 2.24) is 9.80 Å². The predicted octanol–water partition coefficient (Wildman–Crippen LogP) is 4.42. The Balaban J connectivity index is 0.00000529. The minimum Gasteiger partial charge on any atom is -0.493 e. The van der Waals surface area contributed by atoms with Crippen LogP contribution in [0, 0.1) is 0 Å². The lowest BCUT2D eigenvalue weighted by Gasteiger charge is -2.35.